The average molecular weight is 412 g/mol. The zero-order valence-electron chi connectivity index (χ0n) is 16.2. The third-order valence-corrected chi connectivity index (χ3v) is 6.46. The number of nitrogens with zero attached hydrogens (tertiary/aromatic N) is 3. The van der Waals surface area contributed by atoms with Gasteiger partial charge in [-0.25, -0.2) is 14.8 Å². The molecule has 1 N–H and O–H groups in total. The third kappa shape index (κ3) is 3.85. The summed E-state index contributed by atoms with van der Waals surface area (Å²) in [5.74, 6) is -0.155. The van der Waals surface area contributed by atoms with Crippen LogP contribution < -0.4 is 11.0 Å². The highest BCUT2D eigenvalue weighted by Crippen LogP contribution is 2.35. The van der Waals surface area contributed by atoms with E-state index < -0.39 is 11.9 Å². The zero-order chi connectivity index (χ0) is 20.5. The number of fused-ring (bicyclic) bond motifs is 3. The lowest BCUT2D eigenvalue weighted by atomic mass is 9.89. The average Bonchev–Trinajstić information content (AvgIpc) is 3.07. The molecule has 0 spiro atoms. The van der Waals surface area contributed by atoms with Crippen LogP contribution in [0.15, 0.2) is 40.5 Å². The molecule has 29 heavy (non-hydrogen) atoms. The van der Waals surface area contributed by atoms with Crippen molar-refractivity contribution in [3.8, 4) is 0 Å². The van der Waals surface area contributed by atoms with E-state index in [0.29, 0.717) is 16.9 Å². The minimum Gasteiger partial charge on any atom is -0.286 e. The molecule has 0 fully saturated rings. The molecular formula is C21H21FN4O2S. The fourth-order valence-corrected chi connectivity index (χ4v) is 4.90. The first-order valence-electron chi connectivity index (χ1n) is 9.54. The van der Waals surface area contributed by atoms with Crippen molar-refractivity contribution in [3.05, 3.63) is 62.8 Å². The van der Waals surface area contributed by atoms with Crippen LogP contribution in [0, 0.1) is 11.7 Å². The molecule has 2 aromatic heterocycles. The lowest BCUT2D eigenvalue weighted by Gasteiger charge is -2.18. The summed E-state index contributed by atoms with van der Waals surface area (Å²) >= 11 is 1.58. The van der Waals surface area contributed by atoms with E-state index in [9.17, 15) is 14.0 Å². The molecule has 0 unspecified atom stereocenters. The van der Waals surface area contributed by atoms with E-state index in [1.54, 1.807) is 30.4 Å². The first-order valence-corrected chi connectivity index (χ1v) is 10.4. The lowest BCUT2D eigenvalue weighted by molar-refractivity contribution is -0.123. The molecule has 2 atom stereocenters. The summed E-state index contributed by atoms with van der Waals surface area (Å²) in [4.78, 5) is 32.0. The molecule has 0 bridgehead atoms. The Bertz CT molecular complexity index is 1150. The van der Waals surface area contributed by atoms with Gasteiger partial charge in [-0.05, 0) is 55.4 Å². The smallest absolute Gasteiger partial charge is 0.263 e. The van der Waals surface area contributed by atoms with E-state index in [4.69, 9.17) is 0 Å². The summed E-state index contributed by atoms with van der Waals surface area (Å²) in [5.41, 5.74) is 3.99. The van der Waals surface area contributed by atoms with Crippen molar-refractivity contribution < 1.29 is 9.18 Å². The second-order valence-corrected chi connectivity index (χ2v) is 8.53. The van der Waals surface area contributed by atoms with Gasteiger partial charge in [-0.2, -0.15) is 5.10 Å². The van der Waals surface area contributed by atoms with Gasteiger partial charge in [0.15, 0.2) is 0 Å². The number of aryl methyl sites for hydroxylation is 1. The molecule has 1 aliphatic rings. The second-order valence-electron chi connectivity index (χ2n) is 7.45. The van der Waals surface area contributed by atoms with E-state index >= 15 is 0 Å². The Morgan fingerprint density at radius 3 is 2.93 bits per heavy atom. The zero-order valence-corrected chi connectivity index (χ0v) is 17.0. The molecule has 4 rings (SSSR count). The number of hydrazone groups is 1. The highest BCUT2D eigenvalue weighted by atomic mass is 32.1. The fraction of sp³-hybridized carbons (Fsp3) is 0.333. The number of rotatable bonds is 4. The van der Waals surface area contributed by atoms with Crippen molar-refractivity contribution in [2.45, 2.75) is 39.2 Å². The van der Waals surface area contributed by atoms with E-state index in [2.05, 4.69) is 22.4 Å². The van der Waals surface area contributed by atoms with Gasteiger partial charge >= 0.3 is 0 Å². The van der Waals surface area contributed by atoms with Crippen molar-refractivity contribution in [3.63, 3.8) is 0 Å². The van der Waals surface area contributed by atoms with Crippen molar-refractivity contribution in [2.75, 3.05) is 0 Å². The van der Waals surface area contributed by atoms with Gasteiger partial charge in [0, 0.05) is 4.88 Å². The predicted octanol–water partition coefficient (Wildman–Crippen LogP) is 3.43. The number of halogens is 1. The molecule has 8 heteroatoms. The van der Waals surface area contributed by atoms with Gasteiger partial charge in [0.25, 0.3) is 11.5 Å². The minimum atomic E-state index is -0.761. The maximum atomic E-state index is 13.1. The quantitative estimate of drug-likeness (QED) is 0.527. The van der Waals surface area contributed by atoms with Gasteiger partial charge in [0.2, 0.25) is 0 Å². The van der Waals surface area contributed by atoms with Gasteiger partial charge in [-0.3, -0.25) is 14.2 Å². The van der Waals surface area contributed by atoms with Crippen molar-refractivity contribution in [1.29, 1.82) is 0 Å². The van der Waals surface area contributed by atoms with Crippen LogP contribution in [0.1, 0.15) is 42.3 Å². The molecule has 1 aromatic carbocycles. The van der Waals surface area contributed by atoms with Gasteiger partial charge in [0.05, 0.1) is 17.9 Å². The van der Waals surface area contributed by atoms with Crippen molar-refractivity contribution in [1.82, 2.24) is 15.0 Å². The Hall–Kier alpha value is -2.87. The van der Waals surface area contributed by atoms with Gasteiger partial charge in [-0.15, -0.1) is 11.3 Å². The molecule has 1 amide bonds. The predicted molar refractivity (Wildman–Crippen MR) is 112 cm³/mol. The molecule has 0 saturated carbocycles. The van der Waals surface area contributed by atoms with Crippen LogP contribution in [0.5, 0.6) is 0 Å². The van der Waals surface area contributed by atoms with E-state index in [0.717, 1.165) is 29.7 Å². The molecular weight excluding hydrogens is 391 g/mol. The minimum absolute atomic E-state index is 0.188. The summed E-state index contributed by atoms with van der Waals surface area (Å²) in [5, 5.41) is 4.54. The van der Waals surface area contributed by atoms with Crippen LogP contribution in [0.2, 0.25) is 0 Å². The molecule has 3 aromatic rings. The summed E-state index contributed by atoms with van der Waals surface area (Å²) in [6.45, 7) is 3.86. The number of amides is 1. The van der Waals surface area contributed by atoms with Crippen molar-refractivity contribution in [2.24, 2.45) is 11.0 Å². The third-order valence-electron chi connectivity index (χ3n) is 5.30. The van der Waals surface area contributed by atoms with Crippen LogP contribution in [-0.2, 0) is 17.6 Å². The van der Waals surface area contributed by atoms with Gasteiger partial charge in [-0.1, -0.05) is 19.1 Å². The van der Waals surface area contributed by atoms with Crippen LogP contribution in [0.3, 0.4) is 0 Å². The molecule has 0 radical (unpaired) electrons. The number of benzene rings is 1. The first-order chi connectivity index (χ1) is 13.9. The number of carbonyl (C=O) groups excluding carboxylic acids is 1. The van der Waals surface area contributed by atoms with Gasteiger partial charge < -0.3 is 0 Å². The number of nitrogens with one attached hydrogen (secondary N) is 1. The highest BCUT2D eigenvalue weighted by Gasteiger charge is 2.25. The second kappa shape index (κ2) is 7.87. The van der Waals surface area contributed by atoms with Crippen molar-refractivity contribution >= 4 is 33.7 Å². The maximum absolute atomic E-state index is 13.1. The summed E-state index contributed by atoms with van der Waals surface area (Å²) in [6, 6.07) is 4.97. The van der Waals surface area contributed by atoms with Crippen LogP contribution in [-0.4, -0.2) is 21.7 Å². The molecule has 1 aliphatic carbocycles. The lowest BCUT2D eigenvalue weighted by Crippen LogP contribution is -2.34. The van der Waals surface area contributed by atoms with Crippen LogP contribution >= 0.6 is 11.3 Å². The number of carbonyl (C=O) groups is 1. The summed E-state index contributed by atoms with van der Waals surface area (Å²) < 4.78 is 14.3. The Kier molecular flexibility index (Phi) is 5.27. The topological polar surface area (TPSA) is 76.3 Å². The Labute approximate surface area is 171 Å². The van der Waals surface area contributed by atoms with E-state index in [-0.39, 0.29) is 11.4 Å². The molecule has 150 valence electrons. The number of hydrogen-bond acceptors (Lipinski definition) is 5. The number of aromatic nitrogens is 2. The highest BCUT2D eigenvalue weighted by molar-refractivity contribution is 7.18. The summed E-state index contributed by atoms with van der Waals surface area (Å²) in [6.07, 6.45) is 5.76. The Morgan fingerprint density at radius 1 is 1.41 bits per heavy atom. The van der Waals surface area contributed by atoms with Crippen LogP contribution in [0.4, 0.5) is 4.39 Å². The molecule has 2 heterocycles. The normalized spacial score (nSPS) is 17.4. The first kappa shape index (κ1) is 19.4. The molecule has 0 aliphatic heterocycles. The van der Waals surface area contributed by atoms with Gasteiger partial charge in [0.1, 0.15) is 16.7 Å². The molecule has 0 saturated heterocycles. The maximum Gasteiger partial charge on any atom is 0.263 e. The van der Waals surface area contributed by atoms with E-state index in [1.807, 2.05) is 0 Å². The summed E-state index contributed by atoms with van der Waals surface area (Å²) in [7, 11) is 0. The van der Waals surface area contributed by atoms with Crippen LogP contribution in [0.25, 0.3) is 10.2 Å². The number of hydrogen-bond donors (Lipinski definition) is 1. The fourth-order valence-electron chi connectivity index (χ4n) is 3.56. The molecule has 6 nitrogen and oxygen atoms in total. The Morgan fingerprint density at radius 2 is 2.17 bits per heavy atom. The number of thiophene rings is 1. The standard InChI is InChI=1S/C21H21FN4O2S/c1-12-3-8-16-17(9-12)29-20-18(16)21(28)26(11-23-20)13(2)19(27)25-24-10-14-4-6-15(22)7-5-14/h4-7,10-13H,3,8-9H2,1-2H3,(H,25,27)/t12-,13+/m1/s1. The monoisotopic (exact) mass is 412 g/mol. The SMILES string of the molecule is C[C@@H]1CCc2c(sc3ncn([C@@H](C)C(=O)NN=Cc4ccc(F)cc4)c(=O)c23)C1. The Balaban J connectivity index is 1.55. The largest absolute Gasteiger partial charge is 0.286 e. The van der Waals surface area contributed by atoms with E-state index in [1.165, 1.54) is 34.1 Å².